The molecule has 0 spiro atoms. The molecule has 2 aromatic carbocycles. The van der Waals surface area contributed by atoms with Gasteiger partial charge in [-0.05, 0) is 55.3 Å². The van der Waals surface area contributed by atoms with Crippen LogP contribution >= 0.6 is 39.3 Å². The predicted molar refractivity (Wildman–Crippen MR) is 136 cm³/mol. The van der Waals surface area contributed by atoms with E-state index in [0.717, 1.165) is 51.5 Å². The molecule has 1 aromatic heterocycles. The molecule has 1 saturated heterocycles. The summed E-state index contributed by atoms with van der Waals surface area (Å²) in [7, 11) is 0. The molecule has 33 heavy (non-hydrogen) atoms. The summed E-state index contributed by atoms with van der Waals surface area (Å²) < 4.78 is 6.46. The number of benzene rings is 2. The van der Waals surface area contributed by atoms with Gasteiger partial charge in [0.05, 0.1) is 12.5 Å². The lowest BCUT2D eigenvalue weighted by molar-refractivity contribution is -0.126. The average Bonchev–Trinajstić information content (AvgIpc) is 3.29. The third-order valence-electron chi connectivity index (χ3n) is 5.57. The molecular formula is C24H26BrClN4O2S. The van der Waals surface area contributed by atoms with Gasteiger partial charge in [0.2, 0.25) is 17.6 Å². The highest BCUT2D eigenvalue weighted by molar-refractivity contribution is 9.10. The van der Waals surface area contributed by atoms with Crippen molar-refractivity contribution in [2.75, 3.05) is 25.4 Å². The van der Waals surface area contributed by atoms with Crippen molar-refractivity contribution in [2.24, 2.45) is 5.92 Å². The van der Waals surface area contributed by atoms with Gasteiger partial charge >= 0.3 is 0 Å². The number of amides is 1. The van der Waals surface area contributed by atoms with Crippen LogP contribution in [0.3, 0.4) is 0 Å². The van der Waals surface area contributed by atoms with Gasteiger partial charge in [-0.15, -0.1) is 0 Å². The number of nitrogens with zero attached hydrogens (tertiary/aromatic N) is 3. The average molecular weight is 550 g/mol. The summed E-state index contributed by atoms with van der Waals surface area (Å²) in [6.07, 6.45) is 1.89. The fourth-order valence-electron chi connectivity index (χ4n) is 3.83. The van der Waals surface area contributed by atoms with Crippen LogP contribution in [0, 0.1) is 5.92 Å². The van der Waals surface area contributed by atoms with Crippen molar-refractivity contribution in [1.82, 2.24) is 20.4 Å². The lowest BCUT2D eigenvalue weighted by atomic mass is 9.97. The second-order valence-corrected chi connectivity index (χ2v) is 10.5. The Hall–Kier alpha value is -1.87. The van der Waals surface area contributed by atoms with Gasteiger partial charge in [-0.25, -0.2) is 0 Å². The highest BCUT2D eigenvalue weighted by Crippen LogP contribution is 2.22. The second kappa shape index (κ2) is 12.0. The van der Waals surface area contributed by atoms with Gasteiger partial charge in [-0.3, -0.25) is 9.69 Å². The molecule has 4 rings (SSSR count). The zero-order valence-electron chi connectivity index (χ0n) is 18.2. The van der Waals surface area contributed by atoms with Crippen LogP contribution in [0.4, 0.5) is 0 Å². The zero-order valence-corrected chi connectivity index (χ0v) is 21.3. The lowest BCUT2D eigenvalue weighted by Crippen LogP contribution is -2.43. The Labute approximate surface area is 211 Å². The van der Waals surface area contributed by atoms with Gasteiger partial charge in [-0.2, -0.15) is 16.7 Å². The standard InChI is InChI=1S/C24H26BrClN4O2S/c25-20-9-7-17(8-10-20)23-28-22(32-29-23)15-30-12-3-5-18(14-30)24(31)27-11-13-33-16-19-4-1-2-6-21(19)26/h1-2,4,6-10,18H,3,5,11-16H2,(H,27,31). The summed E-state index contributed by atoms with van der Waals surface area (Å²) in [5.41, 5.74) is 2.04. The minimum Gasteiger partial charge on any atom is -0.355 e. The van der Waals surface area contributed by atoms with Crippen LogP contribution in [-0.4, -0.2) is 46.3 Å². The number of rotatable bonds is 9. The van der Waals surface area contributed by atoms with E-state index in [2.05, 4.69) is 36.3 Å². The molecule has 174 valence electrons. The molecule has 3 aromatic rings. The minimum absolute atomic E-state index is 0.0128. The molecule has 0 aliphatic carbocycles. The molecule has 0 bridgehead atoms. The number of hydrogen-bond acceptors (Lipinski definition) is 6. The molecule has 1 unspecified atom stereocenters. The quantitative estimate of drug-likeness (QED) is 0.360. The van der Waals surface area contributed by atoms with Crippen molar-refractivity contribution in [3.05, 3.63) is 69.5 Å². The van der Waals surface area contributed by atoms with Gasteiger partial charge in [0.1, 0.15) is 0 Å². The highest BCUT2D eigenvalue weighted by atomic mass is 79.9. The lowest BCUT2D eigenvalue weighted by Gasteiger charge is -2.30. The van der Waals surface area contributed by atoms with E-state index in [4.69, 9.17) is 16.1 Å². The maximum absolute atomic E-state index is 12.7. The number of carbonyl (C=O) groups excluding carboxylic acids is 1. The molecule has 1 atom stereocenters. The summed E-state index contributed by atoms with van der Waals surface area (Å²) >= 11 is 11.4. The first kappa shape index (κ1) is 24.3. The molecule has 6 nitrogen and oxygen atoms in total. The molecule has 1 amide bonds. The van der Waals surface area contributed by atoms with Crippen molar-refractivity contribution in [2.45, 2.75) is 25.1 Å². The van der Waals surface area contributed by atoms with E-state index >= 15 is 0 Å². The molecule has 0 saturated carbocycles. The normalized spacial score (nSPS) is 16.6. The Morgan fingerprint density at radius 2 is 2.06 bits per heavy atom. The van der Waals surface area contributed by atoms with Crippen LogP contribution < -0.4 is 5.32 Å². The number of likely N-dealkylation sites (tertiary alicyclic amines) is 1. The van der Waals surface area contributed by atoms with E-state index in [1.807, 2.05) is 48.5 Å². The van der Waals surface area contributed by atoms with E-state index in [0.29, 0.717) is 31.3 Å². The van der Waals surface area contributed by atoms with E-state index in [-0.39, 0.29) is 11.8 Å². The molecule has 1 aliphatic rings. The first-order chi connectivity index (χ1) is 16.1. The Kier molecular flexibility index (Phi) is 8.83. The van der Waals surface area contributed by atoms with E-state index in [9.17, 15) is 4.79 Å². The monoisotopic (exact) mass is 548 g/mol. The summed E-state index contributed by atoms with van der Waals surface area (Å²) in [4.78, 5) is 19.4. The van der Waals surface area contributed by atoms with E-state index in [1.54, 1.807) is 11.8 Å². The van der Waals surface area contributed by atoms with Crippen LogP contribution in [0.25, 0.3) is 11.4 Å². The number of halogens is 2. The SMILES string of the molecule is O=C(NCCSCc1ccccc1Cl)C1CCCN(Cc2nc(-c3ccc(Br)cc3)no2)C1. The molecule has 9 heteroatoms. The largest absolute Gasteiger partial charge is 0.355 e. The summed E-state index contributed by atoms with van der Waals surface area (Å²) in [5, 5.41) is 7.99. The van der Waals surface area contributed by atoms with Gasteiger partial charge in [-0.1, -0.05) is 50.9 Å². The van der Waals surface area contributed by atoms with Crippen LogP contribution in [0.5, 0.6) is 0 Å². The minimum atomic E-state index is -0.0128. The van der Waals surface area contributed by atoms with Crippen LogP contribution in [0.15, 0.2) is 57.5 Å². The van der Waals surface area contributed by atoms with Crippen LogP contribution in [-0.2, 0) is 17.1 Å². The Morgan fingerprint density at radius 3 is 2.88 bits per heavy atom. The summed E-state index contributed by atoms with van der Waals surface area (Å²) in [6.45, 7) is 2.84. The van der Waals surface area contributed by atoms with E-state index in [1.165, 1.54) is 0 Å². The third-order valence-corrected chi connectivity index (χ3v) is 7.47. The molecule has 1 fully saturated rings. The summed E-state index contributed by atoms with van der Waals surface area (Å²) in [5.74, 6) is 2.97. The maximum Gasteiger partial charge on any atom is 0.241 e. The number of carbonyl (C=O) groups is 1. The molecule has 2 heterocycles. The first-order valence-electron chi connectivity index (χ1n) is 11.0. The van der Waals surface area contributed by atoms with Crippen molar-refractivity contribution in [3.8, 4) is 11.4 Å². The Bertz CT molecular complexity index is 1060. The number of hydrogen-bond donors (Lipinski definition) is 1. The number of aromatic nitrogens is 2. The smallest absolute Gasteiger partial charge is 0.241 e. The molecular weight excluding hydrogens is 524 g/mol. The zero-order chi connectivity index (χ0) is 23.0. The molecule has 1 N–H and O–H groups in total. The van der Waals surface area contributed by atoms with Crippen LogP contribution in [0.2, 0.25) is 5.02 Å². The van der Waals surface area contributed by atoms with Crippen molar-refractivity contribution >= 4 is 45.2 Å². The first-order valence-corrected chi connectivity index (χ1v) is 13.3. The Morgan fingerprint density at radius 1 is 1.24 bits per heavy atom. The molecule has 1 aliphatic heterocycles. The fraction of sp³-hybridized carbons (Fsp3) is 0.375. The second-order valence-electron chi connectivity index (χ2n) is 8.03. The maximum atomic E-state index is 12.7. The Balaban J connectivity index is 1.20. The van der Waals surface area contributed by atoms with Crippen molar-refractivity contribution < 1.29 is 9.32 Å². The summed E-state index contributed by atoms with van der Waals surface area (Å²) in [6, 6.07) is 15.7. The number of piperidine rings is 1. The predicted octanol–water partition coefficient (Wildman–Crippen LogP) is 5.41. The number of thioether (sulfide) groups is 1. The number of nitrogens with one attached hydrogen (secondary N) is 1. The van der Waals surface area contributed by atoms with Gasteiger partial charge in [0, 0.05) is 39.7 Å². The van der Waals surface area contributed by atoms with Crippen LogP contribution in [0.1, 0.15) is 24.3 Å². The van der Waals surface area contributed by atoms with Crippen molar-refractivity contribution in [1.29, 1.82) is 0 Å². The fourth-order valence-corrected chi connectivity index (χ4v) is 5.24. The topological polar surface area (TPSA) is 71.3 Å². The van der Waals surface area contributed by atoms with Gasteiger partial charge in [0.15, 0.2) is 0 Å². The van der Waals surface area contributed by atoms with E-state index < -0.39 is 0 Å². The van der Waals surface area contributed by atoms with Gasteiger partial charge in [0.25, 0.3) is 0 Å². The molecule has 0 radical (unpaired) electrons. The van der Waals surface area contributed by atoms with Gasteiger partial charge < -0.3 is 9.84 Å². The van der Waals surface area contributed by atoms with Crippen molar-refractivity contribution in [3.63, 3.8) is 0 Å². The highest BCUT2D eigenvalue weighted by Gasteiger charge is 2.26. The third kappa shape index (κ3) is 7.06.